The number of nitrogens with one attached hydrogen (secondary N) is 1. The van der Waals surface area contributed by atoms with Crippen LogP contribution < -0.4 is 5.32 Å². The summed E-state index contributed by atoms with van der Waals surface area (Å²) in [7, 11) is 1.90. The Morgan fingerprint density at radius 3 is 2.73 bits per heavy atom. The number of benzene rings is 1. The Balaban J connectivity index is 1.48. The van der Waals surface area contributed by atoms with Crippen molar-refractivity contribution in [2.24, 2.45) is 13.0 Å². The molecule has 1 aliphatic heterocycles. The second-order valence-corrected chi connectivity index (χ2v) is 7.35. The predicted octanol–water partition coefficient (Wildman–Crippen LogP) is 4.17. The molecule has 1 fully saturated rings. The van der Waals surface area contributed by atoms with Gasteiger partial charge in [0.05, 0.1) is 18.2 Å². The molecule has 1 amide bonds. The van der Waals surface area contributed by atoms with Gasteiger partial charge in [0.1, 0.15) is 0 Å². The molecule has 3 aromatic rings. The van der Waals surface area contributed by atoms with E-state index in [1.165, 1.54) is 5.56 Å². The van der Waals surface area contributed by atoms with Crippen molar-refractivity contribution in [3.63, 3.8) is 0 Å². The number of nitrogens with zero attached hydrogens (tertiary/aromatic N) is 2. The van der Waals surface area contributed by atoms with Crippen molar-refractivity contribution in [3.8, 4) is 11.1 Å². The zero-order chi connectivity index (χ0) is 18.1. The lowest BCUT2D eigenvalue weighted by molar-refractivity contribution is -0.121. The molecule has 26 heavy (non-hydrogen) atoms. The quantitative estimate of drug-likeness (QED) is 0.753. The Labute approximate surface area is 156 Å². The van der Waals surface area contributed by atoms with E-state index in [4.69, 9.17) is 4.74 Å². The number of anilines is 1. The topological polar surface area (TPSA) is 56.1 Å². The van der Waals surface area contributed by atoms with E-state index in [9.17, 15) is 4.79 Å². The van der Waals surface area contributed by atoms with E-state index in [0.717, 1.165) is 28.9 Å². The molecule has 1 N–H and O–H groups in total. The fourth-order valence-electron chi connectivity index (χ4n) is 3.37. The summed E-state index contributed by atoms with van der Waals surface area (Å²) >= 11 is 1.68. The highest BCUT2D eigenvalue weighted by Crippen LogP contribution is 2.36. The molecule has 2 atom stereocenters. The Kier molecular flexibility index (Phi) is 4.61. The Bertz CT molecular complexity index is 900. The van der Waals surface area contributed by atoms with Gasteiger partial charge in [0, 0.05) is 30.6 Å². The number of hydrogen-bond acceptors (Lipinski definition) is 4. The smallest absolute Gasteiger partial charge is 0.230 e. The molecule has 0 spiro atoms. The molecule has 0 aliphatic carbocycles. The lowest BCUT2D eigenvalue weighted by Crippen LogP contribution is -2.25. The minimum atomic E-state index is -0.228. The lowest BCUT2D eigenvalue weighted by atomic mass is 9.94. The number of ether oxygens (including phenoxy) is 1. The number of amides is 1. The molecule has 3 heterocycles. The number of rotatable bonds is 4. The molecular formula is C20H21N3O2S. The monoisotopic (exact) mass is 367 g/mol. The van der Waals surface area contributed by atoms with Gasteiger partial charge in [-0.3, -0.25) is 9.48 Å². The summed E-state index contributed by atoms with van der Waals surface area (Å²) < 4.78 is 7.67. The van der Waals surface area contributed by atoms with Crippen LogP contribution in [0.4, 0.5) is 5.69 Å². The maximum atomic E-state index is 12.8. The van der Waals surface area contributed by atoms with Gasteiger partial charge in [0.2, 0.25) is 5.91 Å². The maximum Gasteiger partial charge on any atom is 0.230 e. The van der Waals surface area contributed by atoms with Crippen molar-refractivity contribution in [1.82, 2.24) is 9.78 Å². The van der Waals surface area contributed by atoms with E-state index in [0.29, 0.717) is 6.61 Å². The first-order chi connectivity index (χ1) is 12.6. The molecular weight excluding hydrogens is 346 g/mol. The molecule has 134 valence electrons. The highest BCUT2D eigenvalue weighted by atomic mass is 32.1. The van der Waals surface area contributed by atoms with Gasteiger partial charge in [0.15, 0.2) is 0 Å². The van der Waals surface area contributed by atoms with Gasteiger partial charge in [-0.05, 0) is 53.4 Å². The van der Waals surface area contributed by atoms with Crippen LogP contribution in [0.1, 0.15) is 23.8 Å². The molecule has 0 bridgehead atoms. The van der Waals surface area contributed by atoms with E-state index in [1.807, 2.05) is 42.9 Å². The predicted molar refractivity (Wildman–Crippen MR) is 103 cm³/mol. The van der Waals surface area contributed by atoms with Crippen molar-refractivity contribution in [1.29, 1.82) is 0 Å². The Hall–Kier alpha value is -2.44. The number of hydrogen-bond donors (Lipinski definition) is 1. The average Bonchev–Trinajstić information content (AvgIpc) is 3.38. The number of aromatic nitrogens is 2. The van der Waals surface area contributed by atoms with Gasteiger partial charge >= 0.3 is 0 Å². The zero-order valence-electron chi connectivity index (χ0n) is 14.8. The number of aryl methyl sites for hydroxylation is 1. The third kappa shape index (κ3) is 3.18. The second kappa shape index (κ2) is 7.05. The van der Waals surface area contributed by atoms with Crippen molar-refractivity contribution < 1.29 is 9.53 Å². The largest absolute Gasteiger partial charge is 0.373 e. The molecule has 1 aromatic carbocycles. The van der Waals surface area contributed by atoms with Crippen molar-refractivity contribution >= 4 is 22.9 Å². The summed E-state index contributed by atoms with van der Waals surface area (Å²) in [4.78, 5) is 12.8. The van der Waals surface area contributed by atoms with Crippen LogP contribution in [0.3, 0.4) is 0 Å². The lowest BCUT2D eigenvalue weighted by Gasteiger charge is -2.18. The third-order valence-corrected chi connectivity index (χ3v) is 5.70. The summed E-state index contributed by atoms with van der Waals surface area (Å²) in [5.41, 5.74) is 5.19. The van der Waals surface area contributed by atoms with E-state index in [2.05, 4.69) is 27.2 Å². The fourth-order valence-corrected chi connectivity index (χ4v) is 4.03. The van der Waals surface area contributed by atoms with Crippen LogP contribution >= 0.6 is 11.3 Å². The first-order valence-corrected chi connectivity index (χ1v) is 9.61. The van der Waals surface area contributed by atoms with Gasteiger partial charge < -0.3 is 10.1 Å². The van der Waals surface area contributed by atoms with Crippen LogP contribution in [0, 0.1) is 12.8 Å². The standard InChI is InChI=1S/C20H21N3O2S/c1-13-18(11-21-23(13)2)19-17(7-9-25-19)20(24)22-16-5-3-14(4-6-16)15-8-10-26-12-15/h3-6,8,10-12,17,19H,7,9H2,1-2H3,(H,22,24)/t17-,19-/m0/s1. The summed E-state index contributed by atoms with van der Waals surface area (Å²) in [6, 6.07) is 10.1. The number of carbonyl (C=O) groups excluding carboxylic acids is 1. The minimum Gasteiger partial charge on any atom is -0.373 e. The Morgan fingerprint density at radius 1 is 1.27 bits per heavy atom. The second-order valence-electron chi connectivity index (χ2n) is 6.57. The van der Waals surface area contributed by atoms with Crippen LogP contribution in [0.5, 0.6) is 0 Å². The van der Waals surface area contributed by atoms with Crippen LogP contribution in [0.25, 0.3) is 11.1 Å². The van der Waals surface area contributed by atoms with Gasteiger partial charge in [0.25, 0.3) is 0 Å². The van der Waals surface area contributed by atoms with E-state index < -0.39 is 0 Å². The number of carbonyl (C=O) groups is 1. The van der Waals surface area contributed by atoms with Gasteiger partial charge in [-0.2, -0.15) is 16.4 Å². The SMILES string of the molecule is Cc1c([C@H]2OCC[C@@H]2C(=O)Nc2ccc(-c3ccsc3)cc2)cnn1C. The van der Waals surface area contributed by atoms with Crippen LogP contribution in [-0.2, 0) is 16.6 Å². The fraction of sp³-hybridized carbons (Fsp3) is 0.300. The number of thiophene rings is 1. The van der Waals surface area contributed by atoms with Crippen molar-refractivity contribution in [2.75, 3.05) is 11.9 Å². The normalized spacial score (nSPS) is 19.6. The molecule has 1 aliphatic rings. The molecule has 0 unspecified atom stereocenters. The first-order valence-electron chi connectivity index (χ1n) is 8.67. The summed E-state index contributed by atoms with van der Waals surface area (Å²) in [6.45, 7) is 2.59. The molecule has 4 rings (SSSR count). The summed E-state index contributed by atoms with van der Waals surface area (Å²) in [6.07, 6.45) is 2.30. The van der Waals surface area contributed by atoms with Crippen molar-refractivity contribution in [2.45, 2.75) is 19.4 Å². The van der Waals surface area contributed by atoms with Gasteiger partial charge in [-0.25, -0.2) is 0 Å². The highest BCUT2D eigenvalue weighted by molar-refractivity contribution is 7.08. The minimum absolute atomic E-state index is 0.000892. The molecule has 2 aromatic heterocycles. The van der Waals surface area contributed by atoms with E-state index in [1.54, 1.807) is 17.5 Å². The average molecular weight is 367 g/mol. The van der Waals surface area contributed by atoms with Crippen LogP contribution in [0.15, 0.2) is 47.3 Å². The van der Waals surface area contributed by atoms with Gasteiger partial charge in [-0.15, -0.1) is 0 Å². The molecule has 6 heteroatoms. The highest BCUT2D eigenvalue weighted by Gasteiger charge is 2.37. The third-order valence-electron chi connectivity index (χ3n) is 5.02. The van der Waals surface area contributed by atoms with Crippen molar-refractivity contribution in [3.05, 3.63) is 58.5 Å². The molecule has 1 saturated heterocycles. The summed E-state index contributed by atoms with van der Waals surface area (Å²) in [5, 5.41) is 11.5. The van der Waals surface area contributed by atoms with E-state index >= 15 is 0 Å². The van der Waals surface area contributed by atoms with E-state index in [-0.39, 0.29) is 17.9 Å². The van der Waals surface area contributed by atoms with Crippen LogP contribution in [-0.4, -0.2) is 22.3 Å². The first kappa shape index (κ1) is 17.0. The Morgan fingerprint density at radius 2 is 2.08 bits per heavy atom. The van der Waals surface area contributed by atoms with Gasteiger partial charge in [-0.1, -0.05) is 12.1 Å². The molecule has 0 saturated carbocycles. The molecule has 5 nitrogen and oxygen atoms in total. The maximum absolute atomic E-state index is 12.8. The molecule has 0 radical (unpaired) electrons. The zero-order valence-corrected chi connectivity index (χ0v) is 15.6. The van der Waals surface area contributed by atoms with Crippen LogP contribution in [0.2, 0.25) is 0 Å². The summed E-state index contributed by atoms with van der Waals surface area (Å²) in [5.74, 6) is -0.200.